The fraction of sp³-hybridized carbons (Fsp3) is 0.333. The summed E-state index contributed by atoms with van der Waals surface area (Å²) < 4.78 is 45.4. The first kappa shape index (κ1) is 32.6. The predicted octanol–water partition coefficient (Wildman–Crippen LogP) is 5.43. The van der Waals surface area contributed by atoms with Gasteiger partial charge in [0.15, 0.2) is 0 Å². The average molecular weight is 699 g/mol. The Kier molecular flexibility index (Phi) is 9.78. The molecule has 43 heavy (non-hydrogen) atoms. The first-order chi connectivity index (χ1) is 20.3. The molecule has 16 heteroatoms. The first-order valence-corrected chi connectivity index (χ1v) is 16.9. The molecule has 1 aromatic heterocycles. The van der Waals surface area contributed by atoms with Crippen LogP contribution in [-0.2, 0) is 14.8 Å². The van der Waals surface area contributed by atoms with Gasteiger partial charge in [-0.3, -0.25) is 0 Å². The van der Waals surface area contributed by atoms with E-state index in [1.165, 1.54) is 40.9 Å². The van der Waals surface area contributed by atoms with Gasteiger partial charge in [-0.05, 0) is 86.6 Å². The number of aromatic nitrogens is 2. The van der Waals surface area contributed by atoms with E-state index in [9.17, 15) is 12.8 Å². The highest BCUT2D eigenvalue weighted by molar-refractivity contribution is 8.09. The van der Waals surface area contributed by atoms with Crippen LogP contribution in [-0.4, -0.2) is 67.0 Å². The highest BCUT2D eigenvalue weighted by Gasteiger charge is 2.63. The van der Waals surface area contributed by atoms with Crippen molar-refractivity contribution in [2.24, 2.45) is 0 Å². The molecule has 2 aliphatic rings. The van der Waals surface area contributed by atoms with E-state index in [0.717, 1.165) is 25.9 Å². The summed E-state index contributed by atoms with van der Waals surface area (Å²) in [6.07, 6.45) is 6.52. The molecule has 0 saturated carbocycles. The lowest BCUT2D eigenvalue weighted by Gasteiger charge is -2.53. The Hall–Kier alpha value is -1.79. The summed E-state index contributed by atoms with van der Waals surface area (Å²) >= 11 is 23.1. The molecule has 5 rings (SSSR count). The van der Waals surface area contributed by atoms with Gasteiger partial charge in [0.1, 0.15) is 20.6 Å². The summed E-state index contributed by atoms with van der Waals surface area (Å²) in [5.74, 6) is 0.439. The number of likely N-dealkylation sites (tertiary alicyclic amines) is 1. The Balaban J connectivity index is 1.38. The SMILES string of the molecule is O=S(=O)(c1ccc(Nc2nccc(Nc3ccc(F)cc3)n2)cc1)N(CCN1CCCC1)C1(S)C=COC(S)(S)C1(S)S. The van der Waals surface area contributed by atoms with Crippen molar-refractivity contribution in [1.29, 1.82) is 0 Å². The molecule has 0 spiro atoms. The maximum atomic E-state index is 14.2. The van der Waals surface area contributed by atoms with Gasteiger partial charge >= 0.3 is 0 Å². The minimum Gasteiger partial charge on any atom is -0.473 e. The van der Waals surface area contributed by atoms with E-state index < -0.39 is 23.2 Å². The molecule has 0 aliphatic carbocycles. The molecule has 2 aliphatic heterocycles. The van der Waals surface area contributed by atoms with Crippen molar-refractivity contribution < 1.29 is 17.5 Å². The number of anilines is 4. The quantitative estimate of drug-likeness (QED) is 0.111. The lowest BCUT2D eigenvalue weighted by Crippen LogP contribution is -2.65. The van der Waals surface area contributed by atoms with E-state index in [1.54, 1.807) is 36.5 Å². The zero-order chi connectivity index (χ0) is 30.9. The standard InChI is InChI=1S/C27H31FN6O3S6/c28-19-3-5-20(6-4-19)30-23-11-13-29-24(32-23)31-21-7-9-22(10-8-21)43(35,36)34(17-16-33-14-1-2-15-33)25(38)12-18-37-27(41,42)26(25,39)40/h3-13,18,38-42H,1-2,14-17H2,(H2,29,30,31,32). The van der Waals surface area contributed by atoms with Crippen LogP contribution in [0.15, 0.2) is 78.0 Å². The van der Waals surface area contributed by atoms with Gasteiger partial charge in [-0.25, -0.2) is 17.8 Å². The summed E-state index contributed by atoms with van der Waals surface area (Å²) in [7, 11) is -4.14. The highest BCUT2D eigenvalue weighted by Crippen LogP contribution is 2.57. The number of thiol groups is 5. The summed E-state index contributed by atoms with van der Waals surface area (Å²) in [5, 5.41) is 6.17. The van der Waals surface area contributed by atoms with Crippen LogP contribution in [0.2, 0.25) is 0 Å². The second-order valence-electron chi connectivity index (χ2n) is 10.1. The van der Waals surface area contributed by atoms with E-state index >= 15 is 0 Å². The van der Waals surface area contributed by atoms with Crippen molar-refractivity contribution in [2.45, 2.75) is 31.0 Å². The minimum absolute atomic E-state index is 0.0434. The Labute approximate surface area is 278 Å². The Morgan fingerprint density at radius 1 is 0.930 bits per heavy atom. The predicted molar refractivity (Wildman–Crippen MR) is 184 cm³/mol. The van der Waals surface area contributed by atoms with Crippen LogP contribution in [0.3, 0.4) is 0 Å². The Bertz CT molecular complexity index is 1570. The maximum absolute atomic E-state index is 14.2. The van der Waals surface area contributed by atoms with Gasteiger partial charge in [-0.15, -0.1) is 37.9 Å². The molecule has 1 atom stereocenters. The number of nitrogens with one attached hydrogen (secondary N) is 2. The van der Waals surface area contributed by atoms with Crippen molar-refractivity contribution in [2.75, 3.05) is 36.8 Å². The molecule has 0 radical (unpaired) electrons. The molecule has 3 heterocycles. The van der Waals surface area contributed by atoms with Gasteiger partial charge < -0.3 is 20.3 Å². The third kappa shape index (κ3) is 6.90. The fourth-order valence-corrected chi connectivity index (χ4v) is 8.30. The normalized spacial score (nSPS) is 21.5. The summed E-state index contributed by atoms with van der Waals surface area (Å²) in [6, 6.07) is 13.8. The van der Waals surface area contributed by atoms with E-state index in [0.29, 0.717) is 23.7 Å². The average Bonchev–Trinajstić information content (AvgIpc) is 3.47. The summed E-state index contributed by atoms with van der Waals surface area (Å²) in [5.41, 5.74) is 1.23. The number of hydrogen-bond donors (Lipinski definition) is 7. The number of ether oxygens (including phenoxy) is 1. The molecule has 9 nitrogen and oxygen atoms in total. The molecular weight excluding hydrogens is 668 g/mol. The zero-order valence-corrected chi connectivity index (χ0v) is 28.0. The van der Waals surface area contributed by atoms with Crippen molar-refractivity contribution in [3.8, 4) is 0 Å². The third-order valence-corrected chi connectivity index (χ3v) is 13.2. The van der Waals surface area contributed by atoms with Crippen LogP contribution in [0.5, 0.6) is 0 Å². The van der Waals surface area contributed by atoms with Crippen LogP contribution in [0, 0.1) is 5.82 Å². The van der Waals surface area contributed by atoms with E-state index in [-0.39, 0.29) is 23.2 Å². The van der Waals surface area contributed by atoms with Crippen LogP contribution < -0.4 is 10.6 Å². The second kappa shape index (κ2) is 12.9. The van der Waals surface area contributed by atoms with Crippen molar-refractivity contribution in [3.63, 3.8) is 0 Å². The van der Waals surface area contributed by atoms with Crippen LogP contribution in [0.1, 0.15) is 12.8 Å². The van der Waals surface area contributed by atoms with E-state index in [2.05, 4.69) is 76.0 Å². The molecule has 2 aromatic carbocycles. The molecule has 1 unspecified atom stereocenters. The number of benzene rings is 2. The molecule has 0 amide bonds. The van der Waals surface area contributed by atoms with Gasteiger partial charge in [0.2, 0.25) is 20.2 Å². The third-order valence-electron chi connectivity index (χ3n) is 7.17. The smallest absolute Gasteiger partial charge is 0.244 e. The van der Waals surface area contributed by atoms with E-state index in [1.807, 2.05) is 0 Å². The lowest BCUT2D eigenvalue weighted by molar-refractivity contribution is 0.126. The topological polar surface area (TPSA) is 99.7 Å². The number of nitrogens with zero attached hydrogens (tertiary/aromatic N) is 4. The highest BCUT2D eigenvalue weighted by atomic mass is 32.2. The van der Waals surface area contributed by atoms with Crippen LogP contribution in [0.4, 0.5) is 27.5 Å². The fourth-order valence-electron chi connectivity index (χ4n) is 4.77. The molecule has 2 N–H and O–H groups in total. The molecule has 3 aromatic rings. The molecule has 1 fully saturated rings. The van der Waals surface area contributed by atoms with Gasteiger partial charge in [0, 0.05) is 30.7 Å². The first-order valence-electron chi connectivity index (χ1n) is 13.3. The van der Waals surface area contributed by atoms with Gasteiger partial charge in [0.05, 0.1) is 11.2 Å². The number of halogens is 1. The monoisotopic (exact) mass is 698 g/mol. The van der Waals surface area contributed by atoms with Crippen LogP contribution in [0.25, 0.3) is 0 Å². The number of hydrogen-bond acceptors (Lipinski definition) is 13. The molecular formula is C27H31FN6O3S6. The van der Waals surface area contributed by atoms with E-state index in [4.69, 9.17) is 17.4 Å². The van der Waals surface area contributed by atoms with Gasteiger partial charge in [-0.1, -0.05) is 0 Å². The Morgan fingerprint density at radius 2 is 1.56 bits per heavy atom. The van der Waals surface area contributed by atoms with Crippen molar-refractivity contribution in [1.82, 2.24) is 19.2 Å². The minimum atomic E-state index is -4.14. The van der Waals surface area contributed by atoms with Crippen molar-refractivity contribution >= 4 is 96.3 Å². The van der Waals surface area contributed by atoms with Crippen LogP contribution >= 0.6 is 63.1 Å². The zero-order valence-electron chi connectivity index (χ0n) is 22.7. The second-order valence-corrected chi connectivity index (χ2v) is 16.0. The number of sulfonamides is 1. The number of rotatable bonds is 10. The largest absolute Gasteiger partial charge is 0.473 e. The lowest BCUT2D eigenvalue weighted by atomic mass is 10.1. The summed E-state index contributed by atoms with van der Waals surface area (Å²) in [6.45, 7) is 2.41. The van der Waals surface area contributed by atoms with Crippen molar-refractivity contribution in [3.05, 3.63) is 78.9 Å². The summed E-state index contributed by atoms with van der Waals surface area (Å²) in [4.78, 5) is 9.35. The Morgan fingerprint density at radius 3 is 2.23 bits per heavy atom. The van der Waals surface area contributed by atoms with Gasteiger partial charge in [0.25, 0.3) is 0 Å². The molecule has 0 bridgehead atoms. The molecule has 230 valence electrons. The van der Waals surface area contributed by atoms with Gasteiger partial charge in [-0.2, -0.15) is 34.5 Å². The molecule has 1 saturated heterocycles. The maximum Gasteiger partial charge on any atom is 0.244 e.